The summed E-state index contributed by atoms with van der Waals surface area (Å²) in [6, 6.07) is 16.4. The van der Waals surface area contributed by atoms with E-state index in [0.717, 1.165) is 99.5 Å². The molecule has 3 aliphatic rings. The first kappa shape index (κ1) is 31.1. The Morgan fingerprint density at radius 2 is 1.87 bits per heavy atom. The van der Waals surface area contributed by atoms with Crippen molar-refractivity contribution in [1.82, 2.24) is 19.4 Å². The van der Waals surface area contributed by atoms with Crippen molar-refractivity contribution in [2.75, 3.05) is 31.6 Å². The van der Waals surface area contributed by atoms with Crippen molar-refractivity contribution in [1.29, 1.82) is 0 Å². The predicted octanol–water partition coefficient (Wildman–Crippen LogP) is 6.48. The molecule has 7 rings (SSSR count). The minimum Gasteiger partial charge on any atom is -0.473 e. The molecule has 242 valence electrons. The molecule has 5 heterocycles. The van der Waals surface area contributed by atoms with Crippen molar-refractivity contribution >= 4 is 34.2 Å². The van der Waals surface area contributed by atoms with E-state index >= 15 is 0 Å². The fourth-order valence-electron chi connectivity index (χ4n) is 6.50. The Labute approximate surface area is 273 Å². The monoisotopic (exact) mass is 647 g/mol. The number of piperidine rings is 1. The van der Waals surface area contributed by atoms with E-state index in [0.29, 0.717) is 29.0 Å². The lowest BCUT2D eigenvalue weighted by Crippen LogP contribution is -2.35. The first-order valence-corrected chi connectivity index (χ1v) is 16.7. The van der Waals surface area contributed by atoms with Gasteiger partial charge in [0.15, 0.2) is 0 Å². The van der Waals surface area contributed by atoms with Crippen LogP contribution in [0.15, 0.2) is 54.6 Å². The normalized spacial score (nSPS) is 20.8. The molecule has 3 saturated heterocycles. The zero-order valence-electron chi connectivity index (χ0n) is 25.8. The Bertz CT molecular complexity index is 1680. The summed E-state index contributed by atoms with van der Waals surface area (Å²) in [7, 11) is 0. The zero-order chi connectivity index (χ0) is 31.5. The molecular weight excluding hydrogens is 609 g/mol. The Hall–Kier alpha value is -3.57. The SMILES string of the molecule is O=C(Nc1ccc2c(c1)nc(CN1CCC(c3cccc(OCc4ccc(Cl)cc4F)n3)CC1)n2CC1CCO1)C1CCCCO1. The first-order valence-electron chi connectivity index (χ1n) is 16.3. The minimum absolute atomic E-state index is 0.0909. The van der Waals surface area contributed by atoms with E-state index in [4.69, 9.17) is 35.8 Å². The average molecular weight is 648 g/mol. The summed E-state index contributed by atoms with van der Waals surface area (Å²) in [6.07, 6.45) is 5.56. The van der Waals surface area contributed by atoms with Crippen molar-refractivity contribution < 1.29 is 23.4 Å². The van der Waals surface area contributed by atoms with Crippen molar-refractivity contribution in [3.8, 4) is 5.88 Å². The Morgan fingerprint density at radius 1 is 1.00 bits per heavy atom. The molecule has 0 aliphatic carbocycles. The number of nitrogens with zero attached hydrogens (tertiary/aromatic N) is 4. The molecule has 2 atom stereocenters. The summed E-state index contributed by atoms with van der Waals surface area (Å²) in [5.74, 6) is 1.33. The second-order valence-electron chi connectivity index (χ2n) is 12.4. The van der Waals surface area contributed by atoms with Crippen LogP contribution in [-0.2, 0) is 34.0 Å². The summed E-state index contributed by atoms with van der Waals surface area (Å²) < 4.78 is 33.8. The highest BCUT2D eigenvalue weighted by Gasteiger charge is 2.27. The third-order valence-corrected chi connectivity index (χ3v) is 9.49. The van der Waals surface area contributed by atoms with Gasteiger partial charge in [-0.05, 0) is 88.0 Å². The standard InChI is InChI=1S/C35H39ClFN5O4/c36-25-8-7-24(28(37)18-25)22-46-34-6-3-4-29(40-34)23-11-14-41(15-12-23)21-33-39-30-19-26(38-35(43)32-5-1-2-16-45-32)9-10-31(30)42(33)20-27-13-17-44-27/h3-4,6-10,18-19,23,27,32H,1-2,5,11-17,20-22H2,(H,38,43). The van der Waals surface area contributed by atoms with Gasteiger partial charge in [-0.25, -0.2) is 14.4 Å². The van der Waals surface area contributed by atoms with E-state index in [1.165, 1.54) is 6.07 Å². The molecule has 0 radical (unpaired) electrons. The van der Waals surface area contributed by atoms with Crippen LogP contribution in [0.3, 0.4) is 0 Å². The lowest BCUT2D eigenvalue weighted by Gasteiger charge is -2.32. The number of imidazole rings is 1. The highest BCUT2D eigenvalue weighted by molar-refractivity contribution is 6.30. The second-order valence-corrected chi connectivity index (χ2v) is 12.9. The number of ether oxygens (including phenoxy) is 3. The van der Waals surface area contributed by atoms with Gasteiger partial charge in [0.1, 0.15) is 24.4 Å². The van der Waals surface area contributed by atoms with E-state index in [-0.39, 0.29) is 30.5 Å². The number of hydrogen-bond acceptors (Lipinski definition) is 7. The van der Waals surface area contributed by atoms with Gasteiger partial charge in [0.25, 0.3) is 5.91 Å². The van der Waals surface area contributed by atoms with Crippen LogP contribution >= 0.6 is 11.6 Å². The smallest absolute Gasteiger partial charge is 0.253 e. The van der Waals surface area contributed by atoms with Crippen LogP contribution in [0.25, 0.3) is 11.0 Å². The molecule has 46 heavy (non-hydrogen) atoms. The van der Waals surface area contributed by atoms with Crippen LogP contribution in [0.2, 0.25) is 5.02 Å². The summed E-state index contributed by atoms with van der Waals surface area (Å²) in [5, 5.41) is 3.40. The first-order chi connectivity index (χ1) is 22.5. The van der Waals surface area contributed by atoms with Crippen LogP contribution in [-0.4, -0.2) is 63.9 Å². The van der Waals surface area contributed by atoms with Crippen LogP contribution in [0.5, 0.6) is 5.88 Å². The highest BCUT2D eigenvalue weighted by Crippen LogP contribution is 2.30. The number of amides is 1. The highest BCUT2D eigenvalue weighted by atomic mass is 35.5. The number of benzene rings is 2. The Kier molecular flexibility index (Phi) is 9.48. The molecule has 4 aromatic rings. The summed E-state index contributed by atoms with van der Waals surface area (Å²) in [6.45, 7) is 4.86. The van der Waals surface area contributed by atoms with E-state index in [1.807, 2.05) is 30.3 Å². The lowest BCUT2D eigenvalue weighted by molar-refractivity contribution is -0.129. The number of pyridine rings is 1. The van der Waals surface area contributed by atoms with Crippen LogP contribution in [0, 0.1) is 5.82 Å². The zero-order valence-corrected chi connectivity index (χ0v) is 26.6. The molecule has 2 aromatic heterocycles. The molecular formula is C35H39ClFN5O4. The number of carbonyl (C=O) groups is 1. The third-order valence-electron chi connectivity index (χ3n) is 9.25. The van der Waals surface area contributed by atoms with Crippen molar-refractivity contribution in [2.45, 2.75) is 76.3 Å². The quantitative estimate of drug-likeness (QED) is 0.211. The molecule has 0 bridgehead atoms. The maximum Gasteiger partial charge on any atom is 0.253 e. The van der Waals surface area contributed by atoms with Gasteiger partial charge < -0.3 is 24.1 Å². The maximum absolute atomic E-state index is 14.2. The molecule has 0 saturated carbocycles. The largest absolute Gasteiger partial charge is 0.473 e. The van der Waals surface area contributed by atoms with Crippen LogP contribution in [0.1, 0.15) is 61.5 Å². The molecule has 1 amide bonds. The summed E-state index contributed by atoms with van der Waals surface area (Å²) in [4.78, 5) is 25.0. The number of fused-ring (bicyclic) bond motifs is 1. The molecule has 2 unspecified atom stereocenters. The predicted molar refractivity (Wildman–Crippen MR) is 174 cm³/mol. The number of aromatic nitrogens is 3. The number of hydrogen-bond donors (Lipinski definition) is 1. The number of rotatable bonds is 10. The molecule has 11 heteroatoms. The molecule has 0 spiro atoms. The van der Waals surface area contributed by atoms with E-state index in [1.54, 1.807) is 12.1 Å². The Balaban J connectivity index is 0.996. The Morgan fingerprint density at radius 3 is 2.63 bits per heavy atom. The van der Waals surface area contributed by atoms with Crippen molar-refractivity contribution in [3.63, 3.8) is 0 Å². The average Bonchev–Trinajstić information content (AvgIpc) is 3.38. The minimum atomic E-state index is -0.389. The summed E-state index contributed by atoms with van der Waals surface area (Å²) >= 11 is 5.87. The van der Waals surface area contributed by atoms with Gasteiger partial charge in [0, 0.05) is 47.2 Å². The van der Waals surface area contributed by atoms with Crippen molar-refractivity contribution in [2.24, 2.45) is 0 Å². The molecule has 3 fully saturated rings. The van der Waals surface area contributed by atoms with Gasteiger partial charge >= 0.3 is 0 Å². The van der Waals surface area contributed by atoms with E-state index < -0.39 is 0 Å². The molecule has 3 aliphatic heterocycles. The van der Waals surface area contributed by atoms with E-state index in [9.17, 15) is 9.18 Å². The molecule has 1 N–H and O–H groups in total. The second kappa shape index (κ2) is 14.0. The van der Waals surface area contributed by atoms with Gasteiger partial charge in [0.05, 0.1) is 30.2 Å². The number of carbonyl (C=O) groups excluding carboxylic acids is 1. The number of anilines is 1. The lowest BCUT2D eigenvalue weighted by atomic mass is 9.93. The third kappa shape index (κ3) is 7.20. The van der Waals surface area contributed by atoms with Gasteiger partial charge in [-0.2, -0.15) is 0 Å². The van der Waals surface area contributed by atoms with E-state index in [2.05, 4.69) is 20.9 Å². The maximum atomic E-state index is 14.2. The number of nitrogens with one attached hydrogen (secondary N) is 1. The topological polar surface area (TPSA) is 90.7 Å². The number of halogens is 2. The van der Waals surface area contributed by atoms with Crippen molar-refractivity contribution in [3.05, 3.63) is 82.5 Å². The summed E-state index contributed by atoms with van der Waals surface area (Å²) in [5.41, 5.74) is 4.09. The molecule has 9 nitrogen and oxygen atoms in total. The number of likely N-dealkylation sites (tertiary alicyclic amines) is 1. The molecule has 2 aromatic carbocycles. The van der Waals surface area contributed by atoms with Crippen LogP contribution in [0.4, 0.5) is 10.1 Å². The van der Waals surface area contributed by atoms with Crippen LogP contribution < -0.4 is 10.1 Å². The fraction of sp³-hybridized carbons (Fsp3) is 0.457. The van der Waals surface area contributed by atoms with Gasteiger partial charge in [-0.3, -0.25) is 9.69 Å². The fourth-order valence-corrected chi connectivity index (χ4v) is 6.66. The van der Waals surface area contributed by atoms with Gasteiger partial charge in [-0.15, -0.1) is 0 Å². The van der Waals surface area contributed by atoms with Gasteiger partial charge in [-0.1, -0.05) is 23.7 Å². The van der Waals surface area contributed by atoms with Gasteiger partial charge in [0.2, 0.25) is 5.88 Å².